The van der Waals surface area contributed by atoms with Gasteiger partial charge in [0.1, 0.15) is 6.10 Å². The summed E-state index contributed by atoms with van der Waals surface area (Å²) < 4.78 is 7.78. The summed E-state index contributed by atoms with van der Waals surface area (Å²) in [5, 5.41) is 10.1. The van der Waals surface area contributed by atoms with Gasteiger partial charge in [0.2, 0.25) is 0 Å². The average molecular weight is 334 g/mol. The maximum atomic E-state index is 12.0. The van der Waals surface area contributed by atoms with E-state index in [9.17, 15) is 4.79 Å². The van der Waals surface area contributed by atoms with Gasteiger partial charge in [0.05, 0.1) is 18.2 Å². The molecule has 1 fully saturated rings. The molecular weight excluding hydrogens is 312 g/mol. The number of nitrogens with one attached hydrogen (secondary N) is 2. The highest BCUT2D eigenvalue weighted by molar-refractivity contribution is 7.07. The van der Waals surface area contributed by atoms with E-state index in [0.717, 1.165) is 25.0 Å². The summed E-state index contributed by atoms with van der Waals surface area (Å²) in [7, 11) is 1.96. The second-order valence-corrected chi connectivity index (χ2v) is 6.57. The predicted molar refractivity (Wildman–Crippen MR) is 89.5 cm³/mol. The SMILES string of the molecule is Cn1cncc1[C@@H]1C[C@H](NC(=O)NCCc2ccsc2)CCO1. The normalized spacial score (nSPS) is 21.1. The maximum Gasteiger partial charge on any atom is 0.315 e. The summed E-state index contributed by atoms with van der Waals surface area (Å²) in [4.78, 5) is 16.2. The number of thiophene rings is 1. The zero-order chi connectivity index (χ0) is 16.1. The molecule has 3 rings (SSSR count). The van der Waals surface area contributed by atoms with Crippen LogP contribution in [0.5, 0.6) is 0 Å². The van der Waals surface area contributed by atoms with Gasteiger partial charge < -0.3 is 19.9 Å². The molecule has 7 heteroatoms. The monoisotopic (exact) mass is 334 g/mol. The molecule has 0 aromatic carbocycles. The molecule has 0 aliphatic carbocycles. The lowest BCUT2D eigenvalue weighted by Crippen LogP contribution is -2.45. The molecule has 0 saturated carbocycles. The number of aromatic nitrogens is 2. The van der Waals surface area contributed by atoms with Gasteiger partial charge >= 0.3 is 6.03 Å². The minimum atomic E-state index is -0.101. The lowest BCUT2D eigenvalue weighted by atomic mass is 10.0. The highest BCUT2D eigenvalue weighted by Gasteiger charge is 2.26. The summed E-state index contributed by atoms with van der Waals surface area (Å²) in [6.45, 7) is 1.30. The molecular formula is C16H22N4O2S. The zero-order valence-corrected chi connectivity index (χ0v) is 14.0. The van der Waals surface area contributed by atoms with Crippen LogP contribution in [0.2, 0.25) is 0 Å². The molecule has 3 heterocycles. The van der Waals surface area contributed by atoms with Crippen LogP contribution in [0, 0.1) is 0 Å². The molecule has 0 radical (unpaired) electrons. The highest BCUT2D eigenvalue weighted by Crippen LogP contribution is 2.27. The first kappa shape index (κ1) is 16.0. The van der Waals surface area contributed by atoms with Crippen LogP contribution in [-0.4, -0.2) is 34.8 Å². The van der Waals surface area contributed by atoms with E-state index >= 15 is 0 Å². The number of hydrogen-bond acceptors (Lipinski definition) is 4. The third kappa shape index (κ3) is 4.33. The van der Waals surface area contributed by atoms with Crippen LogP contribution in [0.4, 0.5) is 4.79 Å². The molecule has 6 nitrogen and oxygen atoms in total. The van der Waals surface area contributed by atoms with Gasteiger partial charge in [0.25, 0.3) is 0 Å². The van der Waals surface area contributed by atoms with Crippen LogP contribution in [0.1, 0.15) is 30.2 Å². The number of hydrogen-bond donors (Lipinski definition) is 2. The lowest BCUT2D eigenvalue weighted by molar-refractivity contribution is -0.00176. The number of carbonyl (C=O) groups is 1. The van der Waals surface area contributed by atoms with Crippen molar-refractivity contribution in [3.05, 3.63) is 40.6 Å². The molecule has 1 aliphatic heterocycles. The van der Waals surface area contributed by atoms with Crippen molar-refractivity contribution in [2.75, 3.05) is 13.2 Å². The Balaban J connectivity index is 1.44. The summed E-state index contributed by atoms with van der Waals surface area (Å²) >= 11 is 1.68. The van der Waals surface area contributed by atoms with Gasteiger partial charge in [-0.1, -0.05) is 0 Å². The molecule has 2 N–H and O–H groups in total. The Morgan fingerprint density at radius 2 is 2.48 bits per heavy atom. The minimum Gasteiger partial charge on any atom is -0.372 e. The predicted octanol–water partition coefficient (Wildman–Crippen LogP) is 2.24. The Morgan fingerprint density at radius 3 is 3.22 bits per heavy atom. The van der Waals surface area contributed by atoms with Crippen LogP contribution in [0.3, 0.4) is 0 Å². The number of imidazole rings is 1. The molecule has 0 spiro atoms. The lowest BCUT2D eigenvalue weighted by Gasteiger charge is -2.30. The van der Waals surface area contributed by atoms with Crippen LogP contribution >= 0.6 is 11.3 Å². The van der Waals surface area contributed by atoms with Gasteiger partial charge in [0.15, 0.2) is 0 Å². The first-order chi connectivity index (χ1) is 11.2. The molecule has 0 unspecified atom stereocenters. The van der Waals surface area contributed by atoms with Crippen LogP contribution in [-0.2, 0) is 18.2 Å². The Bertz CT molecular complexity index is 626. The Morgan fingerprint density at radius 1 is 1.57 bits per heavy atom. The fourth-order valence-corrected chi connectivity index (χ4v) is 3.51. The van der Waals surface area contributed by atoms with Gasteiger partial charge in [-0.25, -0.2) is 9.78 Å². The van der Waals surface area contributed by atoms with E-state index < -0.39 is 0 Å². The third-order valence-electron chi connectivity index (χ3n) is 4.08. The molecule has 23 heavy (non-hydrogen) atoms. The number of rotatable bonds is 5. The molecule has 1 saturated heterocycles. The van der Waals surface area contributed by atoms with E-state index in [1.54, 1.807) is 17.7 Å². The van der Waals surface area contributed by atoms with Gasteiger partial charge in [0, 0.05) is 26.2 Å². The molecule has 0 bridgehead atoms. The number of aryl methyl sites for hydroxylation is 1. The minimum absolute atomic E-state index is 0.00708. The van der Waals surface area contributed by atoms with E-state index in [4.69, 9.17) is 4.74 Å². The average Bonchev–Trinajstić information content (AvgIpc) is 3.19. The second kappa shape index (κ2) is 7.61. The fourth-order valence-electron chi connectivity index (χ4n) is 2.80. The Labute approximate surface area is 139 Å². The van der Waals surface area contributed by atoms with Crippen molar-refractivity contribution in [3.63, 3.8) is 0 Å². The number of nitrogens with zero attached hydrogens (tertiary/aromatic N) is 2. The Hall–Kier alpha value is -1.86. The molecule has 2 aromatic heterocycles. The number of amides is 2. The van der Waals surface area contributed by atoms with Crippen LogP contribution in [0.25, 0.3) is 0 Å². The summed E-state index contributed by atoms with van der Waals surface area (Å²) in [5.41, 5.74) is 2.31. The smallest absolute Gasteiger partial charge is 0.315 e. The van der Waals surface area contributed by atoms with Crippen molar-refractivity contribution in [1.82, 2.24) is 20.2 Å². The maximum absolute atomic E-state index is 12.0. The molecule has 2 amide bonds. The topological polar surface area (TPSA) is 68.2 Å². The van der Waals surface area contributed by atoms with Crippen molar-refractivity contribution in [2.45, 2.75) is 31.4 Å². The second-order valence-electron chi connectivity index (χ2n) is 5.79. The molecule has 1 aliphatic rings. The first-order valence-electron chi connectivity index (χ1n) is 7.85. The number of ether oxygens (including phenoxy) is 1. The van der Waals surface area contributed by atoms with Crippen LogP contribution in [0.15, 0.2) is 29.4 Å². The van der Waals surface area contributed by atoms with E-state index in [2.05, 4.69) is 32.4 Å². The zero-order valence-electron chi connectivity index (χ0n) is 13.2. The van der Waals surface area contributed by atoms with Gasteiger partial charge in [-0.05, 0) is 41.7 Å². The third-order valence-corrected chi connectivity index (χ3v) is 4.81. The van der Waals surface area contributed by atoms with Crippen molar-refractivity contribution in [1.29, 1.82) is 0 Å². The summed E-state index contributed by atoms with van der Waals surface area (Å²) in [5.74, 6) is 0. The van der Waals surface area contributed by atoms with Crippen molar-refractivity contribution in [3.8, 4) is 0 Å². The molecule has 2 atom stereocenters. The largest absolute Gasteiger partial charge is 0.372 e. The van der Waals surface area contributed by atoms with E-state index in [1.165, 1.54) is 5.56 Å². The Kier molecular flexibility index (Phi) is 5.30. The van der Waals surface area contributed by atoms with E-state index in [0.29, 0.717) is 13.2 Å². The highest BCUT2D eigenvalue weighted by atomic mass is 32.1. The van der Waals surface area contributed by atoms with E-state index in [-0.39, 0.29) is 18.2 Å². The number of urea groups is 1. The number of carbonyl (C=O) groups excluding carboxylic acids is 1. The van der Waals surface area contributed by atoms with Gasteiger partial charge in [-0.15, -0.1) is 0 Å². The molecule has 2 aromatic rings. The summed E-state index contributed by atoms with van der Waals surface area (Å²) in [6.07, 6.45) is 6.07. The first-order valence-corrected chi connectivity index (χ1v) is 8.80. The van der Waals surface area contributed by atoms with Gasteiger partial charge in [-0.2, -0.15) is 11.3 Å². The van der Waals surface area contributed by atoms with Crippen molar-refractivity contribution >= 4 is 17.4 Å². The van der Waals surface area contributed by atoms with Crippen LogP contribution < -0.4 is 10.6 Å². The standard InChI is InChI=1S/C16H22N4O2S/c1-20-11-17-9-14(20)15-8-13(3-6-22-15)19-16(21)18-5-2-12-4-7-23-10-12/h4,7,9-11,13,15H,2-3,5-6,8H2,1H3,(H2,18,19,21)/t13-,15+/m1/s1. The fraction of sp³-hybridized carbons (Fsp3) is 0.500. The van der Waals surface area contributed by atoms with Gasteiger partial charge in [-0.3, -0.25) is 0 Å². The quantitative estimate of drug-likeness (QED) is 0.881. The summed E-state index contributed by atoms with van der Waals surface area (Å²) in [6, 6.07) is 2.11. The van der Waals surface area contributed by atoms with E-state index in [1.807, 2.05) is 17.8 Å². The molecule has 124 valence electrons. The van der Waals surface area contributed by atoms with Crippen molar-refractivity contribution < 1.29 is 9.53 Å². The van der Waals surface area contributed by atoms with Crippen molar-refractivity contribution in [2.24, 2.45) is 7.05 Å².